The molecule has 10 nitrogen and oxygen atoms in total. The van der Waals surface area contributed by atoms with E-state index >= 15 is 0 Å². The van der Waals surface area contributed by atoms with E-state index in [1.165, 1.54) is 13.2 Å². The van der Waals surface area contributed by atoms with Gasteiger partial charge >= 0.3 is 0 Å². The van der Waals surface area contributed by atoms with E-state index in [-0.39, 0.29) is 35.9 Å². The van der Waals surface area contributed by atoms with Crippen molar-refractivity contribution in [2.45, 2.75) is 26.2 Å². The third-order valence-corrected chi connectivity index (χ3v) is 7.65. The molecule has 4 aromatic rings. The summed E-state index contributed by atoms with van der Waals surface area (Å²) in [5.74, 6) is 0.247. The van der Waals surface area contributed by atoms with E-state index in [2.05, 4.69) is 25.9 Å². The maximum absolute atomic E-state index is 14.3. The minimum absolute atomic E-state index is 0. The van der Waals surface area contributed by atoms with E-state index < -0.39 is 5.82 Å². The number of carbonyl (C=O) groups is 2. The van der Waals surface area contributed by atoms with Gasteiger partial charge in [0.2, 0.25) is 5.91 Å². The van der Waals surface area contributed by atoms with Crippen molar-refractivity contribution < 1.29 is 18.7 Å². The standard InChI is InChI=1S/C31H36FN7O3.ClH/c1-20-17-23(6-7-24(20)31(41)38-14-9-21(10-15-38)30(40)35-12-4-11-33-2)37-28-29-36-19-26(39(29)16-13-34-28)22-5-8-27(42-3)25(32)18-22;/h5-8,13,16-19,21,33H,4,9-12,14-15H2,1-3H3,(H,34,37)(H,35,40);1H. The number of nitrogens with zero attached hydrogens (tertiary/aromatic N) is 4. The van der Waals surface area contributed by atoms with Crippen LogP contribution >= 0.6 is 12.4 Å². The van der Waals surface area contributed by atoms with Crippen LogP contribution < -0.4 is 20.7 Å². The lowest BCUT2D eigenvalue weighted by molar-refractivity contribution is -0.126. The Labute approximate surface area is 256 Å². The summed E-state index contributed by atoms with van der Waals surface area (Å²) in [6, 6.07) is 10.4. The second-order valence-electron chi connectivity index (χ2n) is 10.4. The van der Waals surface area contributed by atoms with Crippen molar-refractivity contribution >= 4 is 41.4 Å². The molecular formula is C31H37ClFN7O3. The molecule has 5 rings (SSSR count). The smallest absolute Gasteiger partial charge is 0.254 e. The van der Waals surface area contributed by atoms with Crippen LogP contribution in [0.1, 0.15) is 35.2 Å². The summed E-state index contributed by atoms with van der Waals surface area (Å²) in [6.45, 7) is 4.54. The fourth-order valence-electron chi connectivity index (χ4n) is 5.30. The molecule has 0 saturated carbocycles. The number of hydrogen-bond donors (Lipinski definition) is 3. The van der Waals surface area contributed by atoms with Crippen molar-refractivity contribution in [3.05, 3.63) is 71.9 Å². The third-order valence-electron chi connectivity index (χ3n) is 7.65. The number of methoxy groups -OCH3 is 1. The number of nitrogens with one attached hydrogen (secondary N) is 3. The van der Waals surface area contributed by atoms with E-state index in [9.17, 15) is 14.0 Å². The minimum atomic E-state index is -0.451. The average molecular weight is 610 g/mol. The number of halogens is 2. The molecule has 0 atom stereocenters. The molecule has 0 bridgehead atoms. The summed E-state index contributed by atoms with van der Waals surface area (Å²) >= 11 is 0. The number of rotatable bonds is 10. The minimum Gasteiger partial charge on any atom is -0.494 e. The molecule has 228 valence electrons. The molecule has 3 N–H and O–H groups in total. The Hall–Kier alpha value is -4.22. The predicted octanol–water partition coefficient (Wildman–Crippen LogP) is 4.60. The highest BCUT2D eigenvalue weighted by Crippen LogP contribution is 2.29. The monoisotopic (exact) mass is 609 g/mol. The molecule has 1 aliphatic heterocycles. The number of fused-ring (bicyclic) bond motifs is 1. The van der Waals surface area contributed by atoms with Crippen LogP contribution in [0, 0.1) is 18.7 Å². The van der Waals surface area contributed by atoms with Gasteiger partial charge in [0.05, 0.1) is 19.0 Å². The highest BCUT2D eigenvalue weighted by atomic mass is 35.5. The Morgan fingerprint density at radius 1 is 1.09 bits per heavy atom. The summed E-state index contributed by atoms with van der Waals surface area (Å²) in [6.07, 6.45) is 7.31. The molecule has 1 fully saturated rings. The van der Waals surface area contributed by atoms with Gasteiger partial charge in [-0.1, -0.05) is 0 Å². The zero-order valence-corrected chi connectivity index (χ0v) is 25.3. The molecule has 0 aliphatic carbocycles. The number of aromatic nitrogens is 3. The maximum Gasteiger partial charge on any atom is 0.254 e. The zero-order valence-electron chi connectivity index (χ0n) is 24.5. The molecule has 2 amide bonds. The van der Waals surface area contributed by atoms with Gasteiger partial charge in [0.15, 0.2) is 23.0 Å². The fourth-order valence-corrected chi connectivity index (χ4v) is 5.30. The molecule has 0 radical (unpaired) electrons. The summed E-state index contributed by atoms with van der Waals surface area (Å²) in [4.78, 5) is 36.6. The van der Waals surface area contributed by atoms with Gasteiger partial charge in [0, 0.05) is 54.8 Å². The number of piperidine rings is 1. The number of anilines is 2. The quantitative estimate of drug-likeness (QED) is 0.225. The molecular weight excluding hydrogens is 573 g/mol. The molecule has 43 heavy (non-hydrogen) atoms. The second kappa shape index (κ2) is 14.3. The lowest BCUT2D eigenvalue weighted by Gasteiger charge is -2.31. The number of imidazole rings is 1. The van der Waals surface area contributed by atoms with Crippen molar-refractivity contribution in [3.63, 3.8) is 0 Å². The van der Waals surface area contributed by atoms with Crippen molar-refractivity contribution in [1.82, 2.24) is 29.9 Å². The van der Waals surface area contributed by atoms with Crippen LogP contribution in [-0.4, -0.2) is 71.4 Å². The average Bonchev–Trinajstić information content (AvgIpc) is 3.44. The molecule has 0 unspecified atom stereocenters. The molecule has 3 heterocycles. The normalized spacial score (nSPS) is 13.4. The SMILES string of the molecule is CNCCCNC(=O)C1CCN(C(=O)c2ccc(Nc3nccn4c(-c5ccc(OC)c(F)c5)cnc34)cc2C)CC1.Cl. The highest BCUT2D eigenvalue weighted by molar-refractivity contribution is 5.96. The van der Waals surface area contributed by atoms with Crippen LogP contribution in [0.2, 0.25) is 0 Å². The number of aryl methyl sites for hydroxylation is 1. The van der Waals surface area contributed by atoms with Crippen molar-refractivity contribution in [3.8, 4) is 17.0 Å². The van der Waals surface area contributed by atoms with Gasteiger partial charge < -0.3 is 25.6 Å². The summed E-state index contributed by atoms with van der Waals surface area (Å²) < 4.78 is 21.2. The summed E-state index contributed by atoms with van der Waals surface area (Å²) in [5.41, 5.74) is 4.18. The number of ether oxygens (including phenoxy) is 1. The predicted molar refractivity (Wildman–Crippen MR) is 167 cm³/mol. The number of hydrogen-bond acceptors (Lipinski definition) is 7. The van der Waals surface area contributed by atoms with Gasteiger partial charge in [-0.05, 0) is 81.7 Å². The molecule has 1 aliphatic rings. The van der Waals surface area contributed by atoms with E-state index in [1.807, 2.05) is 41.5 Å². The first kappa shape index (κ1) is 31.7. The topological polar surface area (TPSA) is 113 Å². The van der Waals surface area contributed by atoms with Crippen LogP contribution in [0.3, 0.4) is 0 Å². The van der Waals surface area contributed by atoms with Crippen LogP contribution in [-0.2, 0) is 4.79 Å². The zero-order chi connectivity index (χ0) is 29.6. The third kappa shape index (κ3) is 7.06. The molecule has 1 saturated heterocycles. The lowest BCUT2D eigenvalue weighted by atomic mass is 9.95. The van der Waals surface area contributed by atoms with Gasteiger partial charge in [0.1, 0.15) is 0 Å². The Balaban J connectivity index is 0.00000423. The van der Waals surface area contributed by atoms with Crippen molar-refractivity contribution in [2.24, 2.45) is 5.92 Å². The fraction of sp³-hybridized carbons (Fsp3) is 0.355. The first-order chi connectivity index (χ1) is 20.4. The Morgan fingerprint density at radius 2 is 1.88 bits per heavy atom. The first-order valence-corrected chi connectivity index (χ1v) is 14.1. The number of benzene rings is 2. The molecule has 0 spiro atoms. The van der Waals surface area contributed by atoms with Crippen molar-refractivity contribution in [1.29, 1.82) is 0 Å². The largest absolute Gasteiger partial charge is 0.494 e. The highest BCUT2D eigenvalue weighted by Gasteiger charge is 2.28. The number of amides is 2. The van der Waals surface area contributed by atoms with Crippen LogP contribution in [0.4, 0.5) is 15.9 Å². The van der Waals surface area contributed by atoms with Gasteiger partial charge in [0.25, 0.3) is 5.91 Å². The van der Waals surface area contributed by atoms with Crippen molar-refractivity contribution in [2.75, 3.05) is 45.7 Å². The van der Waals surface area contributed by atoms with Gasteiger partial charge in [-0.2, -0.15) is 0 Å². The molecule has 2 aromatic carbocycles. The van der Waals surface area contributed by atoms with E-state index in [4.69, 9.17) is 4.74 Å². The maximum atomic E-state index is 14.3. The molecule has 12 heteroatoms. The van der Waals surface area contributed by atoms with Gasteiger partial charge in [-0.25, -0.2) is 14.4 Å². The van der Waals surface area contributed by atoms with Crippen LogP contribution in [0.15, 0.2) is 55.0 Å². The summed E-state index contributed by atoms with van der Waals surface area (Å²) in [5, 5.41) is 9.39. The first-order valence-electron chi connectivity index (χ1n) is 14.1. The Bertz CT molecular complexity index is 1590. The van der Waals surface area contributed by atoms with Crippen LogP contribution in [0.25, 0.3) is 16.9 Å². The van der Waals surface area contributed by atoms with Gasteiger partial charge in [-0.15, -0.1) is 12.4 Å². The van der Waals surface area contributed by atoms with E-state index in [1.54, 1.807) is 30.7 Å². The summed E-state index contributed by atoms with van der Waals surface area (Å²) in [7, 11) is 3.32. The number of likely N-dealkylation sites (tertiary alicyclic amines) is 1. The number of carbonyl (C=O) groups excluding carboxylic acids is 2. The Morgan fingerprint density at radius 3 is 2.58 bits per heavy atom. The van der Waals surface area contributed by atoms with Gasteiger partial charge in [-0.3, -0.25) is 14.0 Å². The second-order valence-corrected chi connectivity index (χ2v) is 10.4. The van der Waals surface area contributed by atoms with E-state index in [0.717, 1.165) is 24.2 Å². The van der Waals surface area contributed by atoms with Crippen LogP contribution in [0.5, 0.6) is 5.75 Å². The lowest BCUT2D eigenvalue weighted by Crippen LogP contribution is -2.43. The Kier molecular flexibility index (Phi) is 10.5. The van der Waals surface area contributed by atoms with E-state index in [0.29, 0.717) is 60.8 Å². The molecule has 2 aromatic heterocycles.